The fourth-order valence-electron chi connectivity index (χ4n) is 3.87. The van der Waals surface area contributed by atoms with Crippen LogP contribution in [0, 0.1) is 0 Å². The first kappa shape index (κ1) is 17.7. The molecule has 0 aliphatic heterocycles. The molecule has 1 fully saturated rings. The second-order valence-corrected chi connectivity index (χ2v) is 7.14. The Morgan fingerprint density at radius 1 is 0.920 bits per heavy atom. The number of aliphatic hydroxyl groups is 1. The molecule has 3 nitrogen and oxygen atoms in total. The zero-order chi connectivity index (χ0) is 17.7. The maximum absolute atomic E-state index is 11.2. The lowest BCUT2D eigenvalue weighted by Crippen LogP contribution is -2.30. The average molecular weight is 338 g/mol. The number of aryl methyl sites for hydroxylation is 2. The van der Waals surface area contributed by atoms with E-state index in [2.05, 4.69) is 12.1 Å². The Bertz CT molecular complexity index is 715. The van der Waals surface area contributed by atoms with Crippen molar-refractivity contribution in [3.63, 3.8) is 0 Å². The van der Waals surface area contributed by atoms with Crippen molar-refractivity contribution in [3.8, 4) is 0 Å². The summed E-state index contributed by atoms with van der Waals surface area (Å²) < 4.78 is 0. The highest BCUT2D eigenvalue weighted by Gasteiger charge is 2.33. The van der Waals surface area contributed by atoms with Crippen LogP contribution in [0.2, 0.25) is 0 Å². The van der Waals surface area contributed by atoms with Crippen molar-refractivity contribution in [1.29, 1.82) is 0 Å². The molecule has 3 rings (SSSR count). The molecule has 2 N–H and O–H groups in total. The highest BCUT2D eigenvalue weighted by Crippen LogP contribution is 2.39. The Balaban J connectivity index is 1.85. The minimum absolute atomic E-state index is 0.0311. The van der Waals surface area contributed by atoms with Crippen LogP contribution in [0.3, 0.4) is 0 Å². The summed E-state index contributed by atoms with van der Waals surface area (Å²) >= 11 is 0. The number of hydrogen-bond donors (Lipinski definition) is 2. The second-order valence-electron chi connectivity index (χ2n) is 7.14. The van der Waals surface area contributed by atoms with Crippen molar-refractivity contribution < 1.29 is 15.0 Å². The molecule has 132 valence electrons. The number of hydrogen-bond acceptors (Lipinski definition) is 2. The van der Waals surface area contributed by atoms with Crippen LogP contribution in [0.4, 0.5) is 0 Å². The third-order valence-electron chi connectivity index (χ3n) is 5.24. The van der Waals surface area contributed by atoms with Gasteiger partial charge in [-0.1, -0.05) is 67.8 Å². The van der Waals surface area contributed by atoms with E-state index in [1.54, 1.807) is 0 Å². The Morgan fingerprint density at radius 3 is 2.28 bits per heavy atom. The lowest BCUT2D eigenvalue weighted by Gasteiger charge is -2.34. The fraction of sp³-hybridized carbons (Fsp3) is 0.409. The molecule has 0 heterocycles. The molecule has 0 radical (unpaired) electrons. The molecule has 0 amide bonds. The zero-order valence-corrected chi connectivity index (χ0v) is 14.6. The number of benzene rings is 2. The third kappa shape index (κ3) is 4.49. The topological polar surface area (TPSA) is 57.5 Å². The molecular formula is C22H26O3. The van der Waals surface area contributed by atoms with Crippen LogP contribution in [0.5, 0.6) is 0 Å². The predicted octanol–water partition coefficient (Wildman–Crippen LogP) is 4.25. The van der Waals surface area contributed by atoms with E-state index in [4.69, 9.17) is 0 Å². The maximum atomic E-state index is 11.2. The highest BCUT2D eigenvalue weighted by molar-refractivity contribution is 5.71. The van der Waals surface area contributed by atoms with Crippen molar-refractivity contribution in [3.05, 3.63) is 70.8 Å². The largest absolute Gasteiger partial charge is 0.481 e. The van der Waals surface area contributed by atoms with Crippen LogP contribution in [0.25, 0.3) is 0 Å². The first-order chi connectivity index (χ1) is 12.1. The van der Waals surface area contributed by atoms with Gasteiger partial charge in [-0.15, -0.1) is 0 Å². The summed E-state index contributed by atoms with van der Waals surface area (Å²) in [7, 11) is 0. The molecule has 0 bridgehead atoms. The van der Waals surface area contributed by atoms with E-state index in [9.17, 15) is 15.0 Å². The summed E-state index contributed by atoms with van der Waals surface area (Å²) in [6.45, 7) is 0. The molecule has 1 saturated carbocycles. The molecule has 0 spiro atoms. The Morgan fingerprint density at radius 2 is 1.60 bits per heavy atom. The summed E-state index contributed by atoms with van der Waals surface area (Å²) in [5, 5.41) is 20.4. The summed E-state index contributed by atoms with van der Waals surface area (Å²) in [5.41, 5.74) is 3.16. The Kier molecular flexibility index (Phi) is 5.54. The number of carboxylic acids is 1. The SMILES string of the molecule is O=C(O)Cc1ccc(CCc2ccccc2)cc1C1(O)CCCCC1. The van der Waals surface area contributed by atoms with Gasteiger partial charge in [0, 0.05) is 0 Å². The number of carboxylic acid groups (broad SMARTS) is 1. The normalized spacial score (nSPS) is 16.5. The summed E-state index contributed by atoms with van der Waals surface area (Å²) in [6, 6.07) is 16.3. The summed E-state index contributed by atoms with van der Waals surface area (Å²) in [4.78, 5) is 11.2. The van der Waals surface area contributed by atoms with Gasteiger partial charge in [0.15, 0.2) is 0 Å². The molecule has 2 aromatic rings. The van der Waals surface area contributed by atoms with Gasteiger partial charge in [0.2, 0.25) is 0 Å². The van der Waals surface area contributed by atoms with Gasteiger partial charge in [0.05, 0.1) is 12.0 Å². The van der Waals surface area contributed by atoms with Crippen LogP contribution in [-0.2, 0) is 29.7 Å². The molecule has 3 heteroatoms. The molecule has 1 aliphatic carbocycles. The Labute approximate surface area is 149 Å². The number of aliphatic carboxylic acids is 1. The lowest BCUT2D eigenvalue weighted by atomic mass is 9.76. The van der Waals surface area contributed by atoms with Crippen LogP contribution >= 0.6 is 0 Å². The average Bonchev–Trinajstić information content (AvgIpc) is 2.62. The molecule has 25 heavy (non-hydrogen) atoms. The van der Waals surface area contributed by atoms with E-state index >= 15 is 0 Å². The van der Waals surface area contributed by atoms with E-state index in [0.29, 0.717) is 0 Å². The number of rotatable bonds is 6. The smallest absolute Gasteiger partial charge is 0.307 e. The molecule has 1 aliphatic rings. The van der Waals surface area contributed by atoms with Crippen molar-refractivity contribution in [2.45, 2.75) is 57.0 Å². The minimum atomic E-state index is -0.869. The first-order valence-corrected chi connectivity index (χ1v) is 9.17. The summed E-state index contributed by atoms with van der Waals surface area (Å²) in [6.07, 6.45) is 6.39. The molecule has 0 aromatic heterocycles. The maximum Gasteiger partial charge on any atom is 0.307 e. The molecule has 0 atom stereocenters. The van der Waals surface area contributed by atoms with Gasteiger partial charge >= 0.3 is 5.97 Å². The monoisotopic (exact) mass is 338 g/mol. The molecule has 2 aromatic carbocycles. The van der Waals surface area contributed by atoms with Gasteiger partial charge in [-0.3, -0.25) is 4.79 Å². The van der Waals surface area contributed by atoms with Gasteiger partial charge in [-0.2, -0.15) is 0 Å². The van der Waals surface area contributed by atoms with Crippen LogP contribution in [-0.4, -0.2) is 16.2 Å². The van der Waals surface area contributed by atoms with E-state index in [-0.39, 0.29) is 6.42 Å². The van der Waals surface area contributed by atoms with Gasteiger partial charge < -0.3 is 10.2 Å². The van der Waals surface area contributed by atoms with E-state index in [1.165, 1.54) is 5.56 Å². The first-order valence-electron chi connectivity index (χ1n) is 9.17. The Hall–Kier alpha value is -2.13. The molecule has 0 unspecified atom stereocenters. The van der Waals surface area contributed by atoms with Crippen LogP contribution in [0.15, 0.2) is 48.5 Å². The zero-order valence-electron chi connectivity index (χ0n) is 14.6. The second kappa shape index (κ2) is 7.83. The number of carbonyl (C=O) groups is 1. The summed E-state index contributed by atoms with van der Waals surface area (Å²) in [5.74, 6) is -0.849. The third-order valence-corrected chi connectivity index (χ3v) is 5.24. The quantitative estimate of drug-likeness (QED) is 0.828. The van der Waals surface area contributed by atoms with E-state index < -0.39 is 11.6 Å². The van der Waals surface area contributed by atoms with Crippen molar-refractivity contribution in [2.75, 3.05) is 0 Å². The van der Waals surface area contributed by atoms with Gasteiger partial charge in [-0.05, 0) is 47.9 Å². The van der Waals surface area contributed by atoms with Gasteiger partial charge in [0.25, 0.3) is 0 Å². The van der Waals surface area contributed by atoms with Crippen molar-refractivity contribution >= 4 is 5.97 Å². The van der Waals surface area contributed by atoms with E-state index in [0.717, 1.165) is 61.6 Å². The molecule has 0 saturated heterocycles. The van der Waals surface area contributed by atoms with Crippen LogP contribution < -0.4 is 0 Å². The fourth-order valence-corrected chi connectivity index (χ4v) is 3.87. The van der Waals surface area contributed by atoms with Crippen LogP contribution in [0.1, 0.15) is 54.4 Å². The predicted molar refractivity (Wildman–Crippen MR) is 98.6 cm³/mol. The van der Waals surface area contributed by atoms with E-state index in [1.807, 2.05) is 36.4 Å². The van der Waals surface area contributed by atoms with Crippen molar-refractivity contribution in [1.82, 2.24) is 0 Å². The van der Waals surface area contributed by atoms with Crippen molar-refractivity contribution in [2.24, 2.45) is 0 Å². The standard InChI is InChI=1S/C22H26O3/c23-21(24)16-19-12-11-18(10-9-17-7-3-1-4-8-17)15-20(19)22(25)13-5-2-6-14-22/h1,3-4,7-8,11-12,15,25H,2,5-6,9-10,13-14,16H2,(H,23,24). The van der Waals surface area contributed by atoms with Gasteiger partial charge in [0.1, 0.15) is 0 Å². The highest BCUT2D eigenvalue weighted by atomic mass is 16.4. The minimum Gasteiger partial charge on any atom is -0.481 e. The lowest BCUT2D eigenvalue weighted by molar-refractivity contribution is -0.136. The molecular weight excluding hydrogens is 312 g/mol. The van der Waals surface area contributed by atoms with Gasteiger partial charge in [-0.25, -0.2) is 0 Å².